The molecule has 2 amide bonds. The maximum absolute atomic E-state index is 13.2. The highest BCUT2D eigenvalue weighted by Gasteiger charge is 2.41. The SMILES string of the molecule is CCN1C(=O)CC[C@@H](C(=O)N2CCN(C)CC2)[C@@H]1c1cccc(Cl)c1. The van der Waals surface area contributed by atoms with Crippen molar-refractivity contribution in [2.75, 3.05) is 39.8 Å². The van der Waals surface area contributed by atoms with E-state index in [-0.39, 0.29) is 23.8 Å². The molecular weight excluding hydrogens is 338 g/mol. The van der Waals surface area contributed by atoms with E-state index in [1.165, 1.54) is 0 Å². The van der Waals surface area contributed by atoms with Crippen LogP contribution in [-0.4, -0.2) is 66.3 Å². The molecule has 2 fully saturated rings. The first kappa shape index (κ1) is 18.2. The summed E-state index contributed by atoms with van der Waals surface area (Å²) in [6.45, 7) is 5.89. The molecule has 2 aliphatic rings. The van der Waals surface area contributed by atoms with Gasteiger partial charge in [-0.1, -0.05) is 23.7 Å². The van der Waals surface area contributed by atoms with E-state index in [0.717, 1.165) is 31.7 Å². The predicted molar refractivity (Wildman–Crippen MR) is 98.4 cm³/mol. The van der Waals surface area contributed by atoms with Crippen molar-refractivity contribution in [1.82, 2.24) is 14.7 Å². The van der Waals surface area contributed by atoms with E-state index in [9.17, 15) is 9.59 Å². The molecule has 1 aromatic carbocycles. The Balaban J connectivity index is 1.89. The van der Waals surface area contributed by atoms with Crippen LogP contribution in [-0.2, 0) is 9.59 Å². The third-order valence-corrected chi connectivity index (χ3v) is 5.60. The van der Waals surface area contributed by atoms with Gasteiger partial charge in [-0.15, -0.1) is 0 Å². The highest BCUT2D eigenvalue weighted by molar-refractivity contribution is 6.30. The number of halogens is 1. The molecule has 3 rings (SSSR count). The minimum absolute atomic E-state index is 0.120. The predicted octanol–water partition coefficient (Wildman–Crippen LogP) is 2.41. The van der Waals surface area contributed by atoms with Crippen molar-refractivity contribution in [2.45, 2.75) is 25.8 Å². The van der Waals surface area contributed by atoms with Crippen LogP contribution >= 0.6 is 11.6 Å². The molecule has 0 saturated carbocycles. The van der Waals surface area contributed by atoms with Crippen LogP contribution in [0.4, 0.5) is 0 Å². The molecule has 2 heterocycles. The Labute approximate surface area is 154 Å². The number of piperidine rings is 1. The summed E-state index contributed by atoms with van der Waals surface area (Å²) >= 11 is 6.18. The number of likely N-dealkylation sites (tertiary alicyclic amines) is 1. The Morgan fingerprint density at radius 2 is 1.96 bits per heavy atom. The van der Waals surface area contributed by atoms with Crippen molar-refractivity contribution in [3.8, 4) is 0 Å². The lowest BCUT2D eigenvalue weighted by molar-refractivity contribution is -0.148. The topological polar surface area (TPSA) is 43.9 Å². The zero-order valence-electron chi connectivity index (χ0n) is 14.9. The quantitative estimate of drug-likeness (QED) is 0.828. The molecule has 0 aromatic heterocycles. The summed E-state index contributed by atoms with van der Waals surface area (Å²) in [7, 11) is 2.08. The lowest BCUT2D eigenvalue weighted by atomic mass is 9.83. The van der Waals surface area contributed by atoms with Gasteiger partial charge >= 0.3 is 0 Å². The van der Waals surface area contributed by atoms with E-state index in [2.05, 4.69) is 11.9 Å². The van der Waals surface area contributed by atoms with E-state index in [1.807, 2.05) is 41.0 Å². The molecule has 6 heteroatoms. The van der Waals surface area contributed by atoms with Crippen molar-refractivity contribution in [3.05, 3.63) is 34.9 Å². The number of carbonyl (C=O) groups excluding carboxylic acids is 2. The van der Waals surface area contributed by atoms with Crippen molar-refractivity contribution in [1.29, 1.82) is 0 Å². The number of hydrogen-bond acceptors (Lipinski definition) is 3. The Kier molecular flexibility index (Phi) is 5.64. The van der Waals surface area contributed by atoms with Crippen LogP contribution in [0.1, 0.15) is 31.4 Å². The monoisotopic (exact) mass is 363 g/mol. The standard InChI is InChI=1S/C19H26ClN3O2/c1-3-23-17(24)8-7-16(18(23)14-5-4-6-15(20)13-14)19(25)22-11-9-21(2)10-12-22/h4-6,13,16,18H,3,7-12H2,1-2H3/t16-,18+/m1/s1. The van der Waals surface area contributed by atoms with Gasteiger partial charge in [0.1, 0.15) is 0 Å². The molecule has 0 radical (unpaired) electrons. The Morgan fingerprint density at radius 1 is 1.24 bits per heavy atom. The van der Waals surface area contributed by atoms with Crippen LogP contribution in [0.2, 0.25) is 5.02 Å². The number of benzene rings is 1. The fourth-order valence-electron chi connectivity index (χ4n) is 3.95. The van der Waals surface area contributed by atoms with Gasteiger partial charge in [0.05, 0.1) is 12.0 Å². The summed E-state index contributed by atoms with van der Waals surface area (Å²) in [5.74, 6) is 0.0958. The summed E-state index contributed by atoms with van der Waals surface area (Å²) in [5.41, 5.74) is 0.954. The molecule has 0 aliphatic carbocycles. The second kappa shape index (κ2) is 7.75. The second-order valence-corrected chi connectivity index (χ2v) is 7.39. The van der Waals surface area contributed by atoms with Gasteiger partial charge in [-0.3, -0.25) is 9.59 Å². The normalized spacial score (nSPS) is 25.3. The first-order chi connectivity index (χ1) is 12.0. The van der Waals surface area contributed by atoms with E-state index >= 15 is 0 Å². The van der Waals surface area contributed by atoms with E-state index < -0.39 is 0 Å². The fraction of sp³-hybridized carbons (Fsp3) is 0.579. The van der Waals surface area contributed by atoms with Crippen molar-refractivity contribution in [3.63, 3.8) is 0 Å². The van der Waals surface area contributed by atoms with Gasteiger partial charge in [0.2, 0.25) is 11.8 Å². The maximum Gasteiger partial charge on any atom is 0.228 e. The smallest absolute Gasteiger partial charge is 0.228 e. The number of carbonyl (C=O) groups is 2. The molecule has 2 atom stereocenters. The Bertz CT molecular complexity index is 643. The molecule has 2 saturated heterocycles. The minimum atomic E-state index is -0.225. The summed E-state index contributed by atoms with van der Waals surface area (Å²) in [5, 5.41) is 0.636. The van der Waals surface area contributed by atoms with Crippen LogP contribution < -0.4 is 0 Å². The molecule has 136 valence electrons. The molecule has 2 aliphatic heterocycles. The van der Waals surface area contributed by atoms with E-state index in [1.54, 1.807) is 0 Å². The molecular formula is C19H26ClN3O2. The van der Waals surface area contributed by atoms with Gasteiger partial charge in [-0.25, -0.2) is 0 Å². The average molecular weight is 364 g/mol. The van der Waals surface area contributed by atoms with Crippen LogP contribution in [0.15, 0.2) is 24.3 Å². The molecule has 0 spiro atoms. The molecule has 1 aromatic rings. The lowest BCUT2D eigenvalue weighted by Crippen LogP contribution is -2.53. The maximum atomic E-state index is 13.2. The fourth-order valence-corrected chi connectivity index (χ4v) is 4.15. The summed E-state index contributed by atoms with van der Waals surface area (Å²) in [6.07, 6.45) is 1.05. The van der Waals surface area contributed by atoms with Gasteiger partial charge in [-0.05, 0) is 38.1 Å². The molecule has 0 bridgehead atoms. The third kappa shape index (κ3) is 3.82. The number of hydrogen-bond donors (Lipinski definition) is 0. The van der Waals surface area contributed by atoms with Gasteiger partial charge in [0, 0.05) is 44.2 Å². The summed E-state index contributed by atoms with van der Waals surface area (Å²) < 4.78 is 0. The highest BCUT2D eigenvalue weighted by Crippen LogP contribution is 2.38. The number of amides is 2. The van der Waals surface area contributed by atoms with Crippen LogP contribution in [0, 0.1) is 5.92 Å². The zero-order chi connectivity index (χ0) is 18.0. The van der Waals surface area contributed by atoms with Gasteiger partial charge in [0.25, 0.3) is 0 Å². The zero-order valence-corrected chi connectivity index (χ0v) is 15.7. The van der Waals surface area contributed by atoms with Gasteiger partial charge < -0.3 is 14.7 Å². The third-order valence-electron chi connectivity index (χ3n) is 5.37. The summed E-state index contributed by atoms with van der Waals surface area (Å²) in [4.78, 5) is 31.7. The first-order valence-corrected chi connectivity index (χ1v) is 9.41. The molecule has 5 nitrogen and oxygen atoms in total. The van der Waals surface area contributed by atoms with E-state index in [4.69, 9.17) is 11.6 Å². The molecule has 0 N–H and O–H groups in total. The lowest BCUT2D eigenvalue weighted by Gasteiger charge is -2.43. The van der Waals surface area contributed by atoms with Crippen LogP contribution in [0.25, 0.3) is 0 Å². The van der Waals surface area contributed by atoms with E-state index in [0.29, 0.717) is 24.4 Å². The summed E-state index contributed by atoms with van der Waals surface area (Å²) in [6, 6.07) is 7.35. The molecule has 25 heavy (non-hydrogen) atoms. The number of piperazine rings is 1. The Hall–Kier alpha value is -1.59. The number of likely N-dealkylation sites (N-methyl/N-ethyl adjacent to an activating group) is 1. The van der Waals surface area contributed by atoms with Crippen molar-refractivity contribution >= 4 is 23.4 Å². The van der Waals surface area contributed by atoms with Crippen molar-refractivity contribution < 1.29 is 9.59 Å². The number of nitrogens with zero attached hydrogens (tertiary/aromatic N) is 3. The van der Waals surface area contributed by atoms with Crippen LogP contribution in [0.5, 0.6) is 0 Å². The molecule has 0 unspecified atom stereocenters. The largest absolute Gasteiger partial charge is 0.340 e. The van der Waals surface area contributed by atoms with Crippen LogP contribution in [0.3, 0.4) is 0 Å². The highest BCUT2D eigenvalue weighted by atomic mass is 35.5. The number of rotatable bonds is 3. The Morgan fingerprint density at radius 3 is 2.60 bits per heavy atom. The minimum Gasteiger partial charge on any atom is -0.340 e. The first-order valence-electron chi connectivity index (χ1n) is 9.03. The average Bonchev–Trinajstić information content (AvgIpc) is 2.61. The second-order valence-electron chi connectivity index (χ2n) is 6.95. The van der Waals surface area contributed by atoms with Gasteiger partial charge in [0.15, 0.2) is 0 Å². The van der Waals surface area contributed by atoms with Crippen molar-refractivity contribution in [2.24, 2.45) is 5.92 Å². The van der Waals surface area contributed by atoms with Gasteiger partial charge in [-0.2, -0.15) is 0 Å².